The number of hydrogen-bond acceptors (Lipinski definition) is 5. The quantitative estimate of drug-likeness (QED) is 0.706. The summed E-state index contributed by atoms with van der Waals surface area (Å²) in [6, 6.07) is 0.891. The maximum absolute atomic E-state index is 11.9. The summed E-state index contributed by atoms with van der Waals surface area (Å²) in [5.41, 5.74) is 0. The number of nitrogens with one attached hydrogen (secondary N) is 2. The molecule has 2 heterocycles. The smallest absolute Gasteiger partial charge is 0.221 e. The first-order chi connectivity index (χ1) is 10.1. The molecule has 138 valence electrons. The number of amides is 1. The van der Waals surface area contributed by atoms with Gasteiger partial charge in [0.15, 0.2) is 0 Å². The molecule has 6 nitrogen and oxygen atoms in total. The summed E-state index contributed by atoms with van der Waals surface area (Å²) in [6.07, 6.45) is 2.97. The Morgan fingerprint density at radius 1 is 1.30 bits per heavy atom. The lowest BCUT2D eigenvalue weighted by atomic mass is 10.0. The number of carbonyl (C=O) groups is 1. The zero-order chi connectivity index (χ0) is 15.1. The van der Waals surface area contributed by atoms with Crippen molar-refractivity contribution in [3.63, 3.8) is 0 Å². The summed E-state index contributed by atoms with van der Waals surface area (Å²) in [5, 5.41) is 6.33. The van der Waals surface area contributed by atoms with Gasteiger partial charge in [-0.25, -0.2) is 0 Å². The van der Waals surface area contributed by atoms with Gasteiger partial charge < -0.3 is 25.2 Å². The van der Waals surface area contributed by atoms with Crippen LogP contribution < -0.4 is 10.6 Å². The Kier molecular flexibility index (Phi) is 12.2. The van der Waals surface area contributed by atoms with Gasteiger partial charge in [-0.1, -0.05) is 0 Å². The summed E-state index contributed by atoms with van der Waals surface area (Å²) in [4.78, 5) is 16.6. The van der Waals surface area contributed by atoms with Crippen molar-refractivity contribution < 1.29 is 9.53 Å². The number of halogens is 2. The van der Waals surface area contributed by atoms with Crippen LogP contribution in [0.3, 0.4) is 0 Å². The van der Waals surface area contributed by atoms with E-state index in [1.165, 1.54) is 12.8 Å². The molecule has 2 aliphatic rings. The fourth-order valence-corrected chi connectivity index (χ4v) is 3.06. The fourth-order valence-electron chi connectivity index (χ4n) is 3.06. The van der Waals surface area contributed by atoms with Crippen LogP contribution >= 0.6 is 24.8 Å². The first kappa shape index (κ1) is 22.9. The van der Waals surface area contributed by atoms with Gasteiger partial charge in [-0.15, -0.1) is 24.8 Å². The first-order valence-electron chi connectivity index (χ1n) is 8.12. The Balaban J connectivity index is 0.00000242. The zero-order valence-electron chi connectivity index (χ0n) is 14.3. The van der Waals surface area contributed by atoms with Crippen molar-refractivity contribution >= 4 is 30.7 Å². The average Bonchev–Trinajstić information content (AvgIpc) is 2.49. The molecule has 1 atom stereocenters. The van der Waals surface area contributed by atoms with Crippen LogP contribution in [0.2, 0.25) is 0 Å². The zero-order valence-corrected chi connectivity index (χ0v) is 15.9. The number of likely N-dealkylation sites (tertiary alicyclic amines) is 1. The van der Waals surface area contributed by atoms with Gasteiger partial charge in [-0.3, -0.25) is 4.79 Å². The number of ether oxygens (including phenoxy) is 1. The van der Waals surface area contributed by atoms with Crippen LogP contribution in [0.1, 0.15) is 19.3 Å². The van der Waals surface area contributed by atoms with Gasteiger partial charge in [0.1, 0.15) is 0 Å². The van der Waals surface area contributed by atoms with Crippen LogP contribution in [0, 0.1) is 0 Å². The maximum atomic E-state index is 11.9. The van der Waals surface area contributed by atoms with E-state index >= 15 is 0 Å². The predicted octanol–water partition coefficient (Wildman–Crippen LogP) is 0.351. The number of rotatable bonds is 6. The minimum atomic E-state index is 0. The van der Waals surface area contributed by atoms with Crippen molar-refractivity contribution in [3.05, 3.63) is 0 Å². The van der Waals surface area contributed by atoms with E-state index in [9.17, 15) is 4.79 Å². The summed E-state index contributed by atoms with van der Waals surface area (Å²) in [6.45, 7) is 6.22. The highest BCUT2D eigenvalue weighted by molar-refractivity contribution is 5.85. The summed E-state index contributed by atoms with van der Waals surface area (Å²) >= 11 is 0. The van der Waals surface area contributed by atoms with Gasteiger partial charge >= 0.3 is 0 Å². The summed E-state index contributed by atoms with van der Waals surface area (Å²) in [7, 11) is 4.31. The molecule has 1 unspecified atom stereocenters. The van der Waals surface area contributed by atoms with Gasteiger partial charge in [-0.05, 0) is 40.0 Å². The summed E-state index contributed by atoms with van der Waals surface area (Å²) in [5.74, 6) is 0.126. The molecule has 2 aliphatic heterocycles. The molecular weight excluding hydrogens is 339 g/mol. The number of piperidine rings is 1. The molecule has 8 heteroatoms. The molecule has 2 rings (SSSR count). The highest BCUT2D eigenvalue weighted by Crippen LogP contribution is 2.13. The number of carbonyl (C=O) groups excluding carboxylic acids is 1. The maximum Gasteiger partial charge on any atom is 0.221 e. The van der Waals surface area contributed by atoms with Crippen LogP contribution in [-0.2, 0) is 9.53 Å². The average molecular weight is 371 g/mol. The lowest BCUT2D eigenvalue weighted by Gasteiger charge is -2.35. The minimum Gasteiger partial charge on any atom is -0.378 e. The molecule has 2 saturated heterocycles. The van der Waals surface area contributed by atoms with Crippen molar-refractivity contribution in [1.29, 1.82) is 0 Å². The van der Waals surface area contributed by atoms with E-state index in [0.717, 1.165) is 39.3 Å². The van der Waals surface area contributed by atoms with E-state index in [4.69, 9.17) is 4.74 Å². The van der Waals surface area contributed by atoms with Gasteiger partial charge in [-0.2, -0.15) is 0 Å². The van der Waals surface area contributed by atoms with Crippen LogP contribution in [0.25, 0.3) is 0 Å². The molecule has 2 fully saturated rings. The van der Waals surface area contributed by atoms with E-state index in [1.54, 1.807) is 0 Å². The third-order valence-electron chi connectivity index (χ3n) is 4.47. The lowest BCUT2D eigenvalue weighted by Crippen LogP contribution is -2.46. The monoisotopic (exact) mass is 370 g/mol. The predicted molar refractivity (Wildman–Crippen MR) is 97.9 cm³/mol. The highest BCUT2D eigenvalue weighted by atomic mass is 35.5. The van der Waals surface area contributed by atoms with E-state index in [2.05, 4.69) is 34.5 Å². The van der Waals surface area contributed by atoms with Crippen LogP contribution in [0.15, 0.2) is 0 Å². The minimum absolute atomic E-state index is 0. The molecular formula is C15H32Cl2N4O2. The summed E-state index contributed by atoms with van der Waals surface area (Å²) < 4.78 is 5.36. The standard InChI is InChI=1S/C15H30N4O2.2ClH/c1-18(2)14-3-7-19(8-4-14)9-5-17-15(20)11-13-12-21-10-6-16-13;;/h13-14,16H,3-12H2,1-2H3,(H,17,20);2*1H. The second-order valence-electron chi connectivity index (χ2n) is 6.32. The van der Waals surface area contributed by atoms with Crippen molar-refractivity contribution in [2.75, 3.05) is 60.0 Å². The molecule has 0 saturated carbocycles. The van der Waals surface area contributed by atoms with Gasteiger partial charge in [0.2, 0.25) is 5.91 Å². The largest absolute Gasteiger partial charge is 0.378 e. The van der Waals surface area contributed by atoms with E-state index < -0.39 is 0 Å². The van der Waals surface area contributed by atoms with E-state index in [0.29, 0.717) is 19.1 Å². The lowest BCUT2D eigenvalue weighted by molar-refractivity contribution is -0.122. The van der Waals surface area contributed by atoms with Crippen molar-refractivity contribution in [2.24, 2.45) is 0 Å². The third-order valence-corrected chi connectivity index (χ3v) is 4.47. The topological polar surface area (TPSA) is 56.8 Å². The first-order valence-corrected chi connectivity index (χ1v) is 8.12. The van der Waals surface area contributed by atoms with Crippen LogP contribution in [-0.4, -0.2) is 87.8 Å². The fraction of sp³-hybridized carbons (Fsp3) is 0.933. The van der Waals surface area contributed by atoms with E-state index in [1.807, 2.05) is 0 Å². The van der Waals surface area contributed by atoms with Crippen LogP contribution in [0.4, 0.5) is 0 Å². The Morgan fingerprint density at radius 2 is 2.00 bits per heavy atom. The number of nitrogens with zero attached hydrogens (tertiary/aromatic N) is 2. The number of morpholine rings is 1. The van der Waals surface area contributed by atoms with Crippen molar-refractivity contribution in [2.45, 2.75) is 31.3 Å². The van der Waals surface area contributed by atoms with E-state index in [-0.39, 0.29) is 36.8 Å². The number of hydrogen-bond donors (Lipinski definition) is 2. The molecule has 0 aromatic rings. The molecule has 0 bridgehead atoms. The Labute approximate surface area is 152 Å². The molecule has 0 aromatic heterocycles. The molecule has 2 N–H and O–H groups in total. The molecule has 0 aromatic carbocycles. The molecule has 23 heavy (non-hydrogen) atoms. The van der Waals surface area contributed by atoms with Crippen LogP contribution in [0.5, 0.6) is 0 Å². The normalized spacial score (nSPS) is 23.0. The van der Waals surface area contributed by atoms with Gasteiger partial charge in [0.25, 0.3) is 0 Å². The van der Waals surface area contributed by atoms with Crippen molar-refractivity contribution in [3.8, 4) is 0 Å². The van der Waals surface area contributed by atoms with Gasteiger partial charge in [0, 0.05) is 38.1 Å². The Bertz CT molecular complexity index is 321. The molecule has 0 radical (unpaired) electrons. The molecule has 0 aliphatic carbocycles. The second kappa shape index (κ2) is 12.3. The van der Waals surface area contributed by atoms with Crippen molar-refractivity contribution in [1.82, 2.24) is 20.4 Å². The molecule has 0 spiro atoms. The SMILES string of the molecule is CN(C)C1CCN(CCNC(=O)CC2COCCN2)CC1.Cl.Cl. The molecule has 1 amide bonds. The van der Waals surface area contributed by atoms with Gasteiger partial charge in [0.05, 0.1) is 13.2 Å². The second-order valence-corrected chi connectivity index (χ2v) is 6.32. The Morgan fingerprint density at radius 3 is 2.57 bits per heavy atom. The highest BCUT2D eigenvalue weighted by Gasteiger charge is 2.20. The Hall–Kier alpha value is -0.110. The third kappa shape index (κ3) is 8.52.